The number of aryl methyl sites for hydroxylation is 1. The van der Waals surface area contributed by atoms with E-state index in [0.717, 1.165) is 16.5 Å². The van der Waals surface area contributed by atoms with Crippen LogP contribution in [-0.4, -0.2) is 16.3 Å². The van der Waals surface area contributed by atoms with E-state index in [9.17, 15) is 9.59 Å². The number of benzene rings is 1. The van der Waals surface area contributed by atoms with Crippen LogP contribution in [0, 0.1) is 6.92 Å². The Morgan fingerprint density at radius 2 is 1.94 bits per heavy atom. The highest BCUT2D eigenvalue weighted by Gasteiger charge is 2.25. The molecule has 0 atom stereocenters. The van der Waals surface area contributed by atoms with Crippen LogP contribution < -0.4 is 0 Å². The summed E-state index contributed by atoms with van der Waals surface area (Å²) in [6.45, 7) is 2.00. The first-order valence-electron chi connectivity index (χ1n) is 5.35. The molecule has 0 fully saturated rings. The first-order valence-corrected chi connectivity index (χ1v) is 5.35. The van der Waals surface area contributed by atoms with E-state index in [1.54, 1.807) is 4.57 Å². The fourth-order valence-electron chi connectivity index (χ4n) is 2.27. The molecule has 2 heterocycles. The number of hydrogen-bond donors (Lipinski definition) is 0. The minimum atomic E-state index is 0.0217. The van der Waals surface area contributed by atoms with Crippen LogP contribution in [0.2, 0.25) is 0 Å². The van der Waals surface area contributed by atoms with Gasteiger partial charge in [-0.25, -0.2) is 0 Å². The minimum Gasteiger partial charge on any atom is -0.293 e. The van der Waals surface area contributed by atoms with E-state index in [1.165, 1.54) is 0 Å². The molecule has 80 valence electrons. The Bertz CT molecular complexity index is 622. The summed E-state index contributed by atoms with van der Waals surface area (Å²) >= 11 is 0. The number of Topliss-reactive ketones (excluding diaryl/α,β-unsaturated/α-hetero) is 1. The maximum Gasteiger partial charge on any atom is 0.232 e. The molecular weight excluding hydrogens is 202 g/mol. The van der Waals surface area contributed by atoms with Gasteiger partial charge in [0.2, 0.25) is 5.91 Å². The molecule has 0 radical (unpaired) electrons. The van der Waals surface area contributed by atoms with E-state index in [2.05, 4.69) is 0 Å². The van der Waals surface area contributed by atoms with Crippen LogP contribution >= 0.6 is 0 Å². The molecule has 0 unspecified atom stereocenters. The topological polar surface area (TPSA) is 39.1 Å². The van der Waals surface area contributed by atoms with Crippen molar-refractivity contribution in [1.29, 1.82) is 0 Å². The Balaban J connectivity index is 2.41. The second-order valence-electron chi connectivity index (χ2n) is 4.24. The molecule has 3 heteroatoms. The van der Waals surface area contributed by atoms with Crippen molar-refractivity contribution in [3.63, 3.8) is 0 Å². The van der Waals surface area contributed by atoms with Crippen molar-refractivity contribution in [2.24, 2.45) is 0 Å². The largest absolute Gasteiger partial charge is 0.293 e. The molecular formula is C13H11NO2. The van der Waals surface area contributed by atoms with Gasteiger partial charge in [0.1, 0.15) is 0 Å². The van der Waals surface area contributed by atoms with Crippen LogP contribution in [0.15, 0.2) is 24.3 Å². The van der Waals surface area contributed by atoms with Gasteiger partial charge in [0.25, 0.3) is 0 Å². The molecule has 1 aliphatic heterocycles. The molecule has 0 saturated carbocycles. The van der Waals surface area contributed by atoms with Crippen LogP contribution in [0.1, 0.15) is 33.7 Å². The Morgan fingerprint density at radius 3 is 2.75 bits per heavy atom. The number of nitrogens with zero attached hydrogens (tertiary/aromatic N) is 1. The van der Waals surface area contributed by atoms with Gasteiger partial charge in [-0.1, -0.05) is 11.6 Å². The molecule has 0 amide bonds. The SMILES string of the molecule is Cc1ccc2c(c1)cc1n2C(=O)CCC1=O. The smallest absolute Gasteiger partial charge is 0.232 e. The molecule has 0 spiro atoms. The zero-order valence-corrected chi connectivity index (χ0v) is 8.99. The van der Waals surface area contributed by atoms with Gasteiger partial charge in [-0.15, -0.1) is 0 Å². The van der Waals surface area contributed by atoms with Crippen molar-refractivity contribution >= 4 is 22.6 Å². The maximum absolute atomic E-state index is 11.8. The fraction of sp³-hybridized carbons (Fsp3) is 0.231. The summed E-state index contributed by atoms with van der Waals surface area (Å²) in [5, 5.41) is 0.971. The predicted molar refractivity (Wildman–Crippen MR) is 60.9 cm³/mol. The Hall–Kier alpha value is -1.90. The maximum atomic E-state index is 11.8. The lowest BCUT2D eigenvalue weighted by molar-refractivity contribution is 0.0821. The molecule has 0 saturated heterocycles. The number of rotatable bonds is 0. The quantitative estimate of drug-likeness (QED) is 0.674. The van der Waals surface area contributed by atoms with E-state index in [4.69, 9.17) is 0 Å². The number of fused-ring (bicyclic) bond motifs is 3. The summed E-state index contributed by atoms with van der Waals surface area (Å²) < 4.78 is 1.56. The van der Waals surface area contributed by atoms with Crippen molar-refractivity contribution in [1.82, 2.24) is 4.57 Å². The van der Waals surface area contributed by atoms with Gasteiger partial charge in [0, 0.05) is 18.2 Å². The lowest BCUT2D eigenvalue weighted by Crippen LogP contribution is -2.23. The van der Waals surface area contributed by atoms with Crippen molar-refractivity contribution in [3.05, 3.63) is 35.5 Å². The standard InChI is InChI=1S/C13H11NO2/c1-8-2-3-10-9(6-8)7-11-12(15)4-5-13(16)14(10)11/h2-3,6-7H,4-5H2,1H3. The number of carbonyl (C=O) groups excluding carboxylic acids is 2. The Labute approximate surface area is 92.7 Å². The third kappa shape index (κ3) is 1.14. The molecule has 3 rings (SSSR count). The number of ketones is 1. The van der Waals surface area contributed by atoms with Crippen LogP contribution in [0.4, 0.5) is 0 Å². The predicted octanol–water partition coefficient (Wildman–Crippen LogP) is 2.57. The van der Waals surface area contributed by atoms with Gasteiger partial charge < -0.3 is 0 Å². The van der Waals surface area contributed by atoms with Gasteiger partial charge in [0.05, 0.1) is 11.2 Å². The summed E-state index contributed by atoms with van der Waals surface area (Å²) in [6, 6.07) is 7.69. The van der Waals surface area contributed by atoms with Crippen molar-refractivity contribution in [2.75, 3.05) is 0 Å². The van der Waals surface area contributed by atoms with Gasteiger partial charge in [0.15, 0.2) is 5.78 Å². The molecule has 2 aromatic rings. The lowest BCUT2D eigenvalue weighted by Gasteiger charge is -2.13. The van der Waals surface area contributed by atoms with Crippen molar-refractivity contribution < 1.29 is 9.59 Å². The lowest BCUT2D eigenvalue weighted by atomic mass is 10.1. The monoisotopic (exact) mass is 213 g/mol. The first kappa shape index (κ1) is 9.33. The summed E-state index contributed by atoms with van der Waals surface area (Å²) in [6.07, 6.45) is 0.664. The van der Waals surface area contributed by atoms with Crippen LogP contribution in [-0.2, 0) is 0 Å². The summed E-state index contributed by atoms with van der Waals surface area (Å²) in [5.41, 5.74) is 2.52. The van der Waals surface area contributed by atoms with Gasteiger partial charge in [-0.05, 0) is 25.1 Å². The highest BCUT2D eigenvalue weighted by molar-refractivity contribution is 6.09. The highest BCUT2D eigenvalue weighted by atomic mass is 16.2. The third-order valence-electron chi connectivity index (χ3n) is 3.06. The normalized spacial score (nSPS) is 15.6. The summed E-state index contributed by atoms with van der Waals surface area (Å²) in [5.74, 6) is 0.0851. The minimum absolute atomic E-state index is 0.0217. The third-order valence-corrected chi connectivity index (χ3v) is 3.06. The molecule has 1 aliphatic rings. The second kappa shape index (κ2) is 3.04. The Morgan fingerprint density at radius 1 is 1.12 bits per heavy atom. The number of carbonyl (C=O) groups is 2. The van der Waals surface area contributed by atoms with E-state index in [-0.39, 0.29) is 11.7 Å². The van der Waals surface area contributed by atoms with E-state index < -0.39 is 0 Å². The van der Waals surface area contributed by atoms with Crippen molar-refractivity contribution in [3.8, 4) is 0 Å². The number of aromatic nitrogens is 1. The van der Waals surface area contributed by atoms with Crippen LogP contribution in [0.5, 0.6) is 0 Å². The summed E-state index contributed by atoms with van der Waals surface area (Å²) in [7, 11) is 0. The van der Waals surface area contributed by atoms with E-state index in [1.807, 2.05) is 31.2 Å². The number of hydrogen-bond acceptors (Lipinski definition) is 2. The molecule has 1 aromatic heterocycles. The fourth-order valence-corrected chi connectivity index (χ4v) is 2.27. The highest BCUT2D eigenvalue weighted by Crippen LogP contribution is 2.26. The second-order valence-corrected chi connectivity index (χ2v) is 4.24. The van der Waals surface area contributed by atoms with Crippen molar-refractivity contribution in [2.45, 2.75) is 19.8 Å². The Kier molecular flexibility index (Phi) is 1.78. The molecule has 1 aromatic carbocycles. The zero-order valence-electron chi connectivity index (χ0n) is 8.99. The van der Waals surface area contributed by atoms with Gasteiger partial charge in [-0.2, -0.15) is 0 Å². The molecule has 3 nitrogen and oxygen atoms in total. The molecule has 0 N–H and O–H groups in total. The average Bonchev–Trinajstić information content (AvgIpc) is 2.63. The average molecular weight is 213 g/mol. The van der Waals surface area contributed by atoms with Crippen LogP contribution in [0.3, 0.4) is 0 Å². The van der Waals surface area contributed by atoms with E-state index >= 15 is 0 Å². The molecule has 0 bridgehead atoms. The molecule has 0 aliphatic carbocycles. The molecule has 16 heavy (non-hydrogen) atoms. The first-order chi connectivity index (χ1) is 7.66. The van der Waals surface area contributed by atoms with E-state index in [0.29, 0.717) is 18.5 Å². The van der Waals surface area contributed by atoms with Crippen LogP contribution in [0.25, 0.3) is 10.9 Å². The summed E-state index contributed by atoms with van der Waals surface area (Å²) in [4.78, 5) is 23.5. The van der Waals surface area contributed by atoms with Gasteiger partial charge in [-0.3, -0.25) is 14.2 Å². The van der Waals surface area contributed by atoms with Gasteiger partial charge >= 0.3 is 0 Å². The zero-order chi connectivity index (χ0) is 11.3.